The molecule has 20 heavy (non-hydrogen) atoms. The summed E-state index contributed by atoms with van der Waals surface area (Å²) in [5.41, 5.74) is 1.94. The summed E-state index contributed by atoms with van der Waals surface area (Å²) in [5.74, 6) is 1.85. The molecule has 0 aliphatic rings. The monoisotopic (exact) mass is 273 g/mol. The Morgan fingerprint density at radius 1 is 1.25 bits per heavy atom. The summed E-state index contributed by atoms with van der Waals surface area (Å²) < 4.78 is 5.31. The summed E-state index contributed by atoms with van der Waals surface area (Å²) >= 11 is 0. The van der Waals surface area contributed by atoms with Crippen molar-refractivity contribution < 1.29 is 4.74 Å². The molecule has 0 radical (unpaired) electrons. The van der Waals surface area contributed by atoms with E-state index < -0.39 is 0 Å². The van der Waals surface area contributed by atoms with E-state index in [1.165, 1.54) is 0 Å². The van der Waals surface area contributed by atoms with Crippen LogP contribution in [-0.4, -0.2) is 28.3 Å². The summed E-state index contributed by atoms with van der Waals surface area (Å²) in [6.45, 7) is 6.10. The van der Waals surface area contributed by atoms with Gasteiger partial charge in [-0.15, -0.1) is 5.10 Å². The van der Waals surface area contributed by atoms with E-state index in [2.05, 4.69) is 25.8 Å². The zero-order valence-electron chi connectivity index (χ0n) is 12.1. The average molecular weight is 273 g/mol. The van der Waals surface area contributed by atoms with Crippen molar-refractivity contribution in [3.63, 3.8) is 0 Å². The SMILES string of the molecule is COc1ccc(C)cc1Nc1nncc(NC(C)C)n1. The average Bonchev–Trinajstić information content (AvgIpc) is 2.38. The van der Waals surface area contributed by atoms with Gasteiger partial charge in [0.1, 0.15) is 5.75 Å². The quantitative estimate of drug-likeness (QED) is 0.872. The van der Waals surface area contributed by atoms with Gasteiger partial charge in [0, 0.05) is 6.04 Å². The second-order valence-corrected chi connectivity index (χ2v) is 4.79. The highest BCUT2D eigenvalue weighted by Crippen LogP contribution is 2.27. The molecule has 0 unspecified atom stereocenters. The Bertz CT molecular complexity index is 586. The maximum absolute atomic E-state index is 5.31. The van der Waals surface area contributed by atoms with Crippen LogP contribution >= 0.6 is 0 Å². The lowest BCUT2D eigenvalue weighted by Crippen LogP contribution is -2.12. The molecule has 0 saturated heterocycles. The van der Waals surface area contributed by atoms with E-state index in [-0.39, 0.29) is 6.04 Å². The molecular formula is C14H19N5O. The summed E-state index contributed by atoms with van der Waals surface area (Å²) in [6.07, 6.45) is 1.60. The highest BCUT2D eigenvalue weighted by molar-refractivity contribution is 5.63. The number of hydrogen-bond donors (Lipinski definition) is 2. The van der Waals surface area contributed by atoms with Gasteiger partial charge in [0.05, 0.1) is 19.0 Å². The molecule has 2 rings (SSSR count). The fourth-order valence-corrected chi connectivity index (χ4v) is 1.76. The van der Waals surface area contributed by atoms with Gasteiger partial charge in [0.15, 0.2) is 5.82 Å². The van der Waals surface area contributed by atoms with Crippen molar-refractivity contribution in [3.8, 4) is 5.75 Å². The molecule has 1 heterocycles. The predicted molar refractivity (Wildman–Crippen MR) is 79.6 cm³/mol. The molecular weight excluding hydrogens is 254 g/mol. The Labute approximate surface area is 118 Å². The highest BCUT2D eigenvalue weighted by atomic mass is 16.5. The van der Waals surface area contributed by atoms with Crippen molar-refractivity contribution in [3.05, 3.63) is 30.0 Å². The normalized spacial score (nSPS) is 10.4. The molecule has 0 atom stereocenters. The number of hydrogen-bond acceptors (Lipinski definition) is 6. The van der Waals surface area contributed by atoms with E-state index in [1.807, 2.05) is 39.0 Å². The van der Waals surface area contributed by atoms with Gasteiger partial charge in [-0.3, -0.25) is 0 Å². The van der Waals surface area contributed by atoms with Crippen molar-refractivity contribution in [1.82, 2.24) is 15.2 Å². The van der Waals surface area contributed by atoms with Crippen LogP contribution in [-0.2, 0) is 0 Å². The largest absolute Gasteiger partial charge is 0.495 e. The lowest BCUT2D eigenvalue weighted by molar-refractivity contribution is 0.416. The van der Waals surface area contributed by atoms with Crippen molar-refractivity contribution in [2.75, 3.05) is 17.7 Å². The van der Waals surface area contributed by atoms with E-state index in [1.54, 1.807) is 13.3 Å². The number of aryl methyl sites for hydroxylation is 1. The second kappa shape index (κ2) is 6.18. The molecule has 0 aliphatic heterocycles. The molecule has 106 valence electrons. The van der Waals surface area contributed by atoms with E-state index in [0.717, 1.165) is 17.0 Å². The maximum atomic E-state index is 5.31. The minimum atomic E-state index is 0.285. The van der Waals surface area contributed by atoms with Crippen LogP contribution in [0.1, 0.15) is 19.4 Å². The fraction of sp³-hybridized carbons (Fsp3) is 0.357. The molecule has 0 bridgehead atoms. The number of nitrogens with zero attached hydrogens (tertiary/aromatic N) is 3. The number of methoxy groups -OCH3 is 1. The third kappa shape index (κ3) is 3.57. The Balaban J connectivity index is 2.23. The first-order valence-corrected chi connectivity index (χ1v) is 6.46. The third-order valence-corrected chi connectivity index (χ3v) is 2.60. The van der Waals surface area contributed by atoms with Gasteiger partial charge in [0.2, 0.25) is 5.95 Å². The third-order valence-electron chi connectivity index (χ3n) is 2.60. The molecule has 0 aliphatic carbocycles. The van der Waals surface area contributed by atoms with Crippen LogP contribution in [0.2, 0.25) is 0 Å². The fourth-order valence-electron chi connectivity index (χ4n) is 1.76. The molecule has 0 amide bonds. The molecule has 2 N–H and O–H groups in total. The predicted octanol–water partition coefficient (Wildman–Crippen LogP) is 2.75. The van der Waals surface area contributed by atoms with E-state index >= 15 is 0 Å². The van der Waals surface area contributed by atoms with Crippen molar-refractivity contribution in [2.24, 2.45) is 0 Å². The first-order chi connectivity index (χ1) is 9.58. The van der Waals surface area contributed by atoms with Gasteiger partial charge in [0.25, 0.3) is 0 Å². The molecule has 0 fully saturated rings. The number of benzene rings is 1. The molecule has 1 aromatic carbocycles. The molecule has 6 heteroatoms. The van der Waals surface area contributed by atoms with Crippen molar-refractivity contribution in [1.29, 1.82) is 0 Å². The van der Waals surface area contributed by atoms with Gasteiger partial charge in [-0.2, -0.15) is 10.1 Å². The first kappa shape index (κ1) is 14.0. The minimum absolute atomic E-state index is 0.285. The Hall–Kier alpha value is -2.37. The van der Waals surface area contributed by atoms with Crippen LogP contribution in [0, 0.1) is 6.92 Å². The molecule has 0 saturated carbocycles. The molecule has 0 spiro atoms. The van der Waals surface area contributed by atoms with Gasteiger partial charge in [-0.05, 0) is 38.5 Å². The summed E-state index contributed by atoms with van der Waals surface area (Å²) in [5, 5.41) is 14.2. The van der Waals surface area contributed by atoms with E-state index in [9.17, 15) is 0 Å². The number of rotatable bonds is 5. The summed E-state index contributed by atoms with van der Waals surface area (Å²) in [6, 6.07) is 6.15. The number of ether oxygens (including phenoxy) is 1. The van der Waals surface area contributed by atoms with Gasteiger partial charge >= 0.3 is 0 Å². The number of aromatic nitrogens is 3. The summed E-state index contributed by atoms with van der Waals surface area (Å²) in [4.78, 5) is 4.36. The molecule has 2 aromatic rings. The Morgan fingerprint density at radius 2 is 2.05 bits per heavy atom. The lowest BCUT2D eigenvalue weighted by Gasteiger charge is -2.12. The van der Waals surface area contributed by atoms with Crippen molar-refractivity contribution >= 4 is 17.5 Å². The van der Waals surface area contributed by atoms with Crippen LogP contribution < -0.4 is 15.4 Å². The van der Waals surface area contributed by atoms with Crippen LogP contribution in [0.5, 0.6) is 5.75 Å². The minimum Gasteiger partial charge on any atom is -0.495 e. The van der Waals surface area contributed by atoms with Crippen LogP contribution in [0.25, 0.3) is 0 Å². The number of anilines is 3. The molecule has 6 nitrogen and oxygen atoms in total. The number of nitrogens with one attached hydrogen (secondary N) is 2. The standard InChI is InChI=1S/C14H19N5O/c1-9(2)16-13-8-15-19-14(18-13)17-11-7-10(3)5-6-12(11)20-4/h5-9H,1-4H3,(H2,16,17,18,19). The maximum Gasteiger partial charge on any atom is 0.249 e. The van der Waals surface area contributed by atoms with Crippen LogP contribution in [0.3, 0.4) is 0 Å². The zero-order chi connectivity index (χ0) is 14.5. The Kier molecular flexibility index (Phi) is 4.34. The van der Waals surface area contributed by atoms with Gasteiger partial charge in [-0.1, -0.05) is 6.07 Å². The summed E-state index contributed by atoms with van der Waals surface area (Å²) in [7, 11) is 1.63. The smallest absolute Gasteiger partial charge is 0.249 e. The Morgan fingerprint density at radius 3 is 2.75 bits per heavy atom. The van der Waals surface area contributed by atoms with Crippen LogP contribution in [0.15, 0.2) is 24.4 Å². The first-order valence-electron chi connectivity index (χ1n) is 6.46. The van der Waals surface area contributed by atoms with E-state index in [0.29, 0.717) is 11.8 Å². The zero-order valence-corrected chi connectivity index (χ0v) is 12.1. The highest BCUT2D eigenvalue weighted by Gasteiger charge is 2.07. The van der Waals surface area contributed by atoms with E-state index in [4.69, 9.17) is 4.74 Å². The lowest BCUT2D eigenvalue weighted by atomic mass is 10.2. The molecule has 1 aromatic heterocycles. The van der Waals surface area contributed by atoms with Crippen molar-refractivity contribution in [2.45, 2.75) is 26.8 Å². The second-order valence-electron chi connectivity index (χ2n) is 4.79. The van der Waals surface area contributed by atoms with Crippen LogP contribution in [0.4, 0.5) is 17.5 Å². The topological polar surface area (TPSA) is 72.0 Å². The van der Waals surface area contributed by atoms with Gasteiger partial charge in [-0.25, -0.2) is 0 Å². The van der Waals surface area contributed by atoms with Gasteiger partial charge < -0.3 is 15.4 Å².